The van der Waals surface area contributed by atoms with Crippen LogP contribution in [0.4, 0.5) is 0 Å². The molecule has 0 aromatic heterocycles. The van der Waals surface area contributed by atoms with Crippen molar-refractivity contribution in [2.24, 2.45) is 0 Å². The molecule has 0 spiro atoms. The highest BCUT2D eigenvalue weighted by molar-refractivity contribution is 4.82. The Morgan fingerprint density at radius 2 is 2.00 bits per heavy atom. The summed E-state index contributed by atoms with van der Waals surface area (Å²) in [6.45, 7) is 2.18. The summed E-state index contributed by atoms with van der Waals surface area (Å²) in [5, 5.41) is 0. The second kappa shape index (κ2) is 4.32. The molecule has 0 aromatic carbocycles. The van der Waals surface area contributed by atoms with Gasteiger partial charge in [0.15, 0.2) is 0 Å². The van der Waals surface area contributed by atoms with Gasteiger partial charge >= 0.3 is 0 Å². The van der Waals surface area contributed by atoms with E-state index in [1.807, 2.05) is 0 Å². The van der Waals surface area contributed by atoms with Gasteiger partial charge in [0.2, 0.25) is 0 Å². The lowest BCUT2D eigenvalue weighted by molar-refractivity contribution is -0.870. The molecule has 0 saturated heterocycles. The van der Waals surface area contributed by atoms with Crippen LogP contribution in [0.15, 0.2) is 0 Å². The van der Waals surface area contributed by atoms with Gasteiger partial charge in [-0.25, -0.2) is 0 Å². The first-order valence-electron chi connectivity index (χ1n) is 3.38. The minimum atomic E-state index is 0.431. The maximum absolute atomic E-state index is 5.11. The number of nitrogens with zero attached hydrogens (tertiary/aromatic N) is 1. The Bertz CT molecular complexity index is 118. The van der Waals surface area contributed by atoms with E-state index in [4.69, 9.17) is 11.2 Å². The molecule has 2 nitrogen and oxygen atoms in total. The molecule has 0 aromatic rings. The van der Waals surface area contributed by atoms with Crippen molar-refractivity contribution >= 4 is 0 Å². The number of quaternary nitrogens is 1. The molecule has 0 fully saturated rings. The Morgan fingerprint density at radius 3 is 2.40 bits per heavy atom. The van der Waals surface area contributed by atoms with E-state index < -0.39 is 0 Å². The number of rotatable bonds is 4. The van der Waals surface area contributed by atoms with Crippen molar-refractivity contribution in [1.29, 1.82) is 0 Å². The first kappa shape index (κ1) is 9.48. The summed E-state index contributed by atoms with van der Waals surface area (Å²) in [6.07, 6.45) is 5.00. The quantitative estimate of drug-likeness (QED) is 0.312. The van der Waals surface area contributed by atoms with Gasteiger partial charge in [-0.15, -0.1) is 6.42 Å². The van der Waals surface area contributed by atoms with Crippen LogP contribution >= 0.6 is 0 Å². The maximum atomic E-state index is 5.11. The van der Waals surface area contributed by atoms with Crippen LogP contribution in [0.1, 0.15) is 0 Å². The molecule has 0 heterocycles. The molecule has 0 bridgehead atoms. The van der Waals surface area contributed by atoms with Gasteiger partial charge in [-0.2, -0.15) is 0 Å². The molecule has 0 N–H and O–H groups in total. The number of terminal acetylenes is 1. The van der Waals surface area contributed by atoms with Crippen molar-refractivity contribution in [1.82, 2.24) is 0 Å². The Hall–Kier alpha value is -0.520. The number of hydrogen-bond acceptors (Lipinski definition) is 1. The Kier molecular flexibility index (Phi) is 4.10. The molecular formula is C8H16NO+. The third-order valence-electron chi connectivity index (χ3n) is 1.09. The molecule has 0 unspecified atom stereocenters. The Labute approximate surface area is 63.4 Å². The third-order valence-corrected chi connectivity index (χ3v) is 1.09. The predicted octanol–water partition coefficient (Wildman–Crippen LogP) is 0.342. The topological polar surface area (TPSA) is 9.23 Å². The van der Waals surface area contributed by atoms with Crippen LogP contribution in [-0.2, 0) is 4.74 Å². The van der Waals surface area contributed by atoms with E-state index in [2.05, 4.69) is 27.1 Å². The molecule has 10 heavy (non-hydrogen) atoms. The van der Waals surface area contributed by atoms with E-state index in [0.29, 0.717) is 6.61 Å². The summed E-state index contributed by atoms with van der Waals surface area (Å²) in [7, 11) is 6.37. The minimum absolute atomic E-state index is 0.431. The minimum Gasteiger partial charge on any atom is -0.363 e. The summed E-state index contributed by atoms with van der Waals surface area (Å²) in [6, 6.07) is 0. The van der Waals surface area contributed by atoms with Crippen molar-refractivity contribution in [3.8, 4) is 12.3 Å². The van der Waals surface area contributed by atoms with Crippen molar-refractivity contribution in [2.75, 3.05) is 40.9 Å². The average Bonchev–Trinajstić information content (AvgIpc) is 1.78. The zero-order valence-electron chi connectivity index (χ0n) is 7.05. The van der Waals surface area contributed by atoms with Crippen LogP contribution in [0.2, 0.25) is 0 Å². The van der Waals surface area contributed by atoms with Crippen LogP contribution in [0.25, 0.3) is 0 Å². The fourth-order valence-electron chi connectivity index (χ4n) is 0.470. The lowest BCUT2D eigenvalue weighted by Gasteiger charge is -2.23. The molecule has 0 rings (SSSR count). The highest BCUT2D eigenvalue weighted by atomic mass is 16.5. The van der Waals surface area contributed by atoms with E-state index >= 15 is 0 Å². The lowest BCUT2D eigenvalue weighted by atomic mass is 10.5. The van der Waals surface area contributed by atoms with Crippen LogP contribution in [-0.4, -0.2) is 45.4 Å². The summed E-state index contributed by atoms with van der Waals surface area (Å²) < 4.78 is 6.03. The second-order valence-electron chi connectivity index (χ2n) is 3.27. The highest BCUT2D eigenvalue weighted by Crippen LogP contribution is 1.88. The SMILES string of the molecule is C#CCOCC[N+](C)(C)C. The molecule has 0 radical (unpaired) electrons. The average molecular weight is 142 g/mol. The van der Waals surface area contributed by atoms with Crippen LogP contribution in [0, 0.1) is 12.3 Å². The summed E-state index contributed by atoms with van der Waals surface area (Å²) in [4.78, 5) is 0. The van der Waals surface area contributed by atoms with Crippen molar-refractivity contribution in [3.05, 3.63) is 0 Å². The first-order chi connectivity index (χ1) is 4.56. The van der Waals surface area contributed by atoms with Gasteiger partial charge in [-0.1, -0.05) is 5.92 Å². The van der Waals surface area contributed by atoms with E-state index in [9.17, 15) is 0 Å². The lowest BCUT2D eigenvalue weighted by Crippen LogP contribution is -2.37. The van der Waals surface area contributed by atoms with Crippen molar-refractivity contribution < 1.29 is 9.22 Å². The van der Waals surface area contributed by atoms with E-state index in [-0.39, 0.29) is 0 Å². The maximum Gasteiger partial charge on any atom is 0.107 e. The largest absolute Gasteiger partial charge is 0.363 e. The van der Waals surface area contributed by atoms with Gasteiger partial charge in [-0.05, 0) is 0 Å². The Balaban J connectivity index is 3.14. The smallest absolute Gasteiger partial charge is 0.107 e. The molecule has 0 atom stereocenters. The normalized spacial score (nSPS) is 11.0. The molecule has 0 aliphatic carbocycles. The monoisotopic (exact) mass is 142 g/mol. The zero-order valence-corrected chi connectivity index (χ0v) is 7.05. The molecular weight excluding hydrogens is 126 g/mol. The van der Waals surface area contributed by atoms with Gasteiger partial charge in [0, 0.05) is 0 Å². The molecule has 2 heteroatoms. The number of hydrogen-bond donors (Lipinski definition) is 0. The third kappa shape index (κ3) is 7.48. The standard InChI is InChI=1S/C8H16NO/c1-5-7-10-8-6-9(2,3)4/h1H,6-8H2,2-4H3/q+1. The van der Waals surface area contributed by atoms with Crippen molar-refractivity contribution in [2.45, 2.75) is 0 Å². The van der Waals surface area contributed by atoms with Crippen LogP contribution in [0.5, 0.6) is 0 Å². The van der Waals surface area contributed by atoms with Gasteiger partial charge < -0.3 is 9.22 Å². The van der Waals surface area contributed by atoms with E-state index in [0.717, 1.165) is 17.6 Å². The first-order valence-corrected chi connectivity index (χ1v) is 3.38. The number of ether oxygens (including phenoxy) is 1. The highest BCUT2D eigenvalue weighted by Gasteiger charge is 2.04. The summed E-state index contributed by atoms with van der Waals surface area (Å²) >= 11 is 0. The second-order valence-corrected chi connectivity index (χ2v) is 3.27. The van der Waals surface area contributed by atoms with E-state index in [1.165, 1.54) is 0 Å². The van der Waals surface area contributed by atoms with E-state index in [1.54, 1.807) is 0 Å². The molecule has 58 valence electrons. The van der Waals surface area contributed by atoms with Crippen LogP contribution in [0.3, 0.4) is 0 Å². The summed E-state index contributed by atoms with van der Waals surface area (Å²) in [5.41, 5.74) is 0. The van der Waals surface area contributed by atoms with Gasteiger partial charge in [0.1, 0.15) is 13.2 Å². The fraction of sp³-hybridized carbons (Fsp3) is 0.750. The summed E-state index contributed by atoms with van der Waals surface area (Å²) in [5.74, 6) is 2.42. The fourth-order valence-corrected chi connectivity index (χ4v) is 0.470. The van der Waals surface area contributed by atoms with Gasteiger partial charge in [0.05, 0.1) is 27.7 Å². The molecule has 0 saturated carbocycles. The predicted molar refractivity (Wildman–Crippen MR) is 42.6 cm³/mol. The zero-order chi connectivity index (χ0) is 8.04. The molecule has 0 aliphatic rings. The van der Waals surface area contributed by atoms with Gasteiger partial charge in [0.25, 0.3) is 0 Å². The molecule has 0 aliphatic heterocycles. The Morgan fingerprint density at radius 1 is 1.40 bits per heavy atom. The molecule has 0 amide bonds. The van der Waals surface area contributed by atoms with Crippen LogP contribution < -0.4 is 0 Å². The van der Waals surface area contributed by atoms with Crippen molar-refractivity contribution in [3.63, 3.8) is 0 Å². The van der Waals surface area contributed by atoms with Gasteiger partial charge in [-0.3, -0.25) is 0 Å². The number of likely N-dealkylation sites (N-methyl/N-ethyl adjacent to an activating group) is 1.